The van der Waals surface area contributed by atoms with Crippen LogP contribution in [-0.2, 0) is 9.59 Å². The summed E-state index contributed by atoms with van der Waals surface area (Å²) in [4.78, 5) is 24.6. The predicted molar refractivity (Wildman–Crippen MR) is 112 cm³/mol. The number of carbonyl (C=O) groups excluding carboxylic acids is 2. The Hall–Kier alpha value is -2.82. The number of allylic oxidation sites excluding steroid dienone is 5. The van der Waals surface area contributed by atoms with Crippen LogP contribution in [-0.4, -0.2) is 23.5 Å². The molecule has 1 aliphatic rings. The summed E-state index contributed by atoms with van der Waals surface area (Å²) in [6, 6.07) is 5.46. The number of hydrogen-bond acceptors (Lipinski definition) is 3. The predicted octanol–water partition coefficient (Wildman–Crippen LogP) is 3.93. The number of phenolic OH excluding ortho intramolecular Hbond substituents is 1. The van der Waals surface area contributed by atoms with Crippen molar-refractivity contribution in [2.45, 2.75) is 45.6 Å². The van der Waals surface area contributed by atoms with Gasteiger partial charge in [-0.3, -0.25) is 9.59 Å². The molecule has 3 N–H and O–H groups in total. The van der Waals surface area contributed by atoms with E-state index in [0.717, 1.165) is 25.7 Å². The van der Waals surface area contributed by atoms with Gasteiger partial charge in [-0.15, -0.1) is 0 Å². The van der Waals surface area contributed by atoms with E-state index in [1.54, 1.807) is 12.1 Å². The molecule has 0 spiro atoms. The Balaban J connectivity index is 1.85. The minimum absolute atomic E-state index is 0.113. The van der Waals surface area contributed by atoms with Crippen LogP contribution in [0.15, 0.2) is 60.2 Å². The summed E-state index contributed by atoms with van der Waals surface area (Å²) < 4.78 is 0. The Morgan fingerprint density at radius 1 is 1.29 bits per heavy atom. The lowest BCUT2D eigenvalue weighted by Crippen LogP contribution is -2.39. The average molecular weight is 383 g/mol. The van der Waals surface area contributed by atoms with Crippen LogP contribution in [0.2, 0.25) is 0 Å². The van der Waals surface area contributed by atoms with Crippen molar-refractivity contribution in [2.24, 2.45) is 5.92 Å². The van der Waals surface area contributed by atoms with Gasteiger partial charge in [0, 0.05) is 6.54 Å². The Morgan fingerprint density at radius 3 is 2.68 bits per heavy atom. The molecular formula is C23H30N2O3. The lowest BCUT2D eigenvalue weighted by molar-refractivity contribution is -0.127. The van der Waals surface area contributed by atoms with Crippen molar-refractivity contribution in [1.29, 1.82) is 0 Å². The molecule has 1 unspecified atom stereocenters. The quantitative estimate of drug-likeness (QED) is 0.447. The lowest BCUT2D eigenvalue weighted by Gasteiger charge is -2.17. The maximum atomic E-state index is 12.3. The SMILES string of the molecule is CCNC(=O)[C@H](NC(=O)/C=C/CCCC1=CCC(C)C=C1)c1ccc(O)cc1. The fraction of sp³-hybridized carbons (Fsp3) is 0.391. The zero-order chi connectivity index (χ0) is 20.4. The summed E-state index contributed by atoms with van der Waals surface area (Å²) in [6.45, 7) is 4.50. The summed E-state index contributed by atoms with van der Waals surface area (Å²) in [5.41, 5.74) is 1.98. The minimum Gasteiger partial charge on any atom is -0.508 e. The number of benzene rings is 1. The van der Waals surface area contributed by atoms with Gasteiger partial charge in [0.2, 0.25) is 11.8 Å². The van der Waals surface area contributed by atoms with E-state index in [0.29, 0.717) is 18.0 Å². The molecule has 0 heterocycles. The van der Waals surface area contributed by atoms with Gasteiger partial charge >= 0.3 is 0 Å². The van der Waals surface area contributed by atoms with E-state index < -0.39 is 6.04 Å². The molecule has 0 fully saturated rings. The molecule has 2 rings (SSSR count). The van der Waals surface area contributed by atoms with Gasteiger partial charge in [0.25, 0.3) is 0 Å². The smallest absolute Gasteiger partial charge is 0.247 e. The number of amides is 2. The molecule has 0 aliphatic heterocycles. The van der Waals surface area contributed by atoms with Gasteiger partial charge in [-0.1, -0.05) is 48.9 Å². The first-order valence-corrected chi connectivity index (χ1v) is 9.90. The van der Waals surface area contributed by atoms with Crippen molar-refractivity contribution in [3.05, 3.63) is 65.8 Å². The molecule has 0 aromatic heterocycles. The minimum atomic E-state index is -0.794. The first-order valence-electron chi connectivity index (χ1n) is 9.90. The number of aromatic hydroxyl groups is 1. The monoisotopic (exact) mass is 382 g/mol. The molecule has 2 amide bonds. The maximum Gasteiger partial charge on any atom is 0.247 e. The van der Waals surface area contributed by atoms with Gasteiger partial charge in [0.05, 0.1) is 0 Å². The molecule has 1 aromatic carbocycles. The number of likely N-dealkylation sites (N-methyl/N-ethyl adjacent to an activating group) is 1. The van der Waals surface area contributed by atoms with E-state index in [4.69, 9.17) is 0 Å². The summed E-state index contributed by atoms with van der Waals surface area (Å²) in [5, 5.41) is 14.9. The molecule has 0 saturated carbocycles. The highest BCUT2D eigenvalue weighted by Crippen LogP contribution is 2.20. The van der Waals surface area contributed by atoms with Crippen LogP contribution in [0.1, 0.15) is 51.1 Å². The number of phenols is 1. The molecular weight excluding hydrogens is 352 g/mol. The Labute approximate surface area is 167 Å². The van der Waals surface area contributed by atoms with Crippen molar-refractivity contribution in [3.8, 4) is 5.75 Å². The molecule has 5 nitrogen and oxygen atoms in total. The van der Waals surface area contributed by atoms with E-state index in [9.17, 15) is 14.7 Å². The third kappa shape index (κ3) is 7.06. The van der Waals surface area contributed by atoms with E-state index in [2.05, 4.69) is 35.8 Å². The second-order valence-corrected chi connectivity index (χ2v) is 7.07. The number of unbranched alkanes of at least 4 members (excludes halogenated alkanes) is 1. The van der Waals surface area contributed by atoms with Crippen LogP contribution in [0, 0.1) is 5.92 Å². The molecule has 0 radical (unpaired) electrons. The zero-order valence-corrected chi connectivity index (χ0v) is 16.7. The van der Waals surface area contributed by atoms with E-state index in [-0.39, 0.29) is 17.6 Å². The van der Waals surface area contributed by atoms with Crippen molar-refractivity contribution in [1.82, 2.24) is 10.6 Å². The highest BCUT2D eigenvalue weighted by molar-refractivity contribution is 5.93. The van der Waals surface area contributed by atoms with E-state index in [1.165, 1.54) is 23.8 Å². The van der Waals surface area contributed by atoms with Gasteiger partial charge in [0.15, 0.2) is 0 Å². The molecule has 0 saturated heterocycles. The fourth-order valence-corrected chi connectivity index (χ4v) is 3.01. The third-order valence-electron chi connectivity index (χ3n) is 4.62. The molecule has 28 heavy (non-hydrogen) atoms. The van der Waals surface area contributed by atoms with Crippen molar-refractivity contribution >= 4 is 11.8 Å². The highest BCUT2D eigenvalue weighted by Gasteiger charge is 2.21. The summed E-state index contributed by atoms with van der Waals surface area (Å²) in [5.74, 6) is 0.149. The lowest BCUT2D eigenvalue weighted by atomic mass is 9.96. The largest absolute Gasteiger partial charge is 0.508 e. The second kappa shape index (κ2) is 11.1. The van der Waals surface area contributed by atoms with Crippen molar-refractivity contribution in [3.63, 3.8) is 0 Å². The molecule has 150 valence electrons. The standard InChI is InChI=1S/C23H30N2O3/c1-3-24-23(28)22(19-13-15-20(26)16-14-19)25-21(27)8-6-4-5-7-18-11-9-17(2)10-12-18/h6,8-9,11-17,22,26H,3-5,7,10H2,1-2H3,(H,24,28)(H,25,27)/b8-6+/t17?,22-/m1/s1. The second-order valence-electron chi connectivity index (χ2n) is 7.07. The first kappa shape index (κ1) is 21.5. The molecule has 0 bridgehead atoms. The average Bonchev–Trinajstić information content (AvgIpc) is 2.68. The van der Waals surface area contributed by atoms with E-state index in [1.807, 2.05) is 13.0 Å². The Morgan fingerprint density at radius 2 is 2.04 bits per heavy atom. The van der Waals surface area contributed by atoms with Gasteiger partial charge in [-0.2, -0.15) is 0 Å². The normalized spacial score (nSPS) is 17.2. The van der Waals surface area contributed by atoms with Crippen LogP contribution in [0.25, 0.3) is 0 Å². The number of hydrogen-bond donors (Lipinski definition) is 3. The molecule has 1 aliphatic carbocycles. The van der Waals surface area contributed by atoms with Gasteiger partial charge < -0.3 is 15.7 Å². The fourth-order valence-electron chi connectivity index (χ4n) is 3.01. The summed E-state index contributed by atoms with van der Waals surface area (Å²) >= 11 is 0. The van der Waals surface area contributed by atoms with Gasteiger partial charge in [-0.25, -0.2) is 0 Å². The van der Waals surface area contributed by atoms with Crippen molar-refractivity contribution in [2.75, 3.05) is 6.54 Å². The summed E-state index contributed by atoms with van der Waals surface area (Å²) in [7, 11) is 0. The van der Waals surface area contributed by atoms with Crippen LogP contribution < -0.4 is 10.6 Å². The Bertz CT molecular complexity index is 748. The van der Waals surface area contributed by atoms with Gasteiger partial charge in [0.1, 0.15) is 11.8 Å². The number of rotatable bonds is 9. The topological polar surface area (TPSA) is 78.4 Å². The van der Waals surface area contributed by atoms with Crippen LogP contribution in [0.4, 0.5) is 0 Å². The maximum absolute atomic E-state index is 12.3. The third-order valence-corrected chi connectivity index (χ3v) is 4.62. The number of carbonyl (C=O) groups is 2. The number of nitrogens with one attached hydrogen (secondary N) is 2. The highest BCUT2D eigenvalue weighted by atomic mass is 16.3. The van der Waals surface area contributed by atoms with Crippen LogP contribution in [0.3, 0.4) is 0 Å². The Kier molecular flexibility index (Phi) is 8.53. The first-order chi connectivity index (χ1) is 13.5. The van der Waals surface area contributed by atoms with E-state index >= 15 is 0 Å². The van der Waals surface area contributed by atoms with Crippen LogP contribution >= 0.6 is 0 Å². The molecule has 1 aromatic rings. The van der Waals surface area contributed by atoms with Crippen molar-refractivity contribution < 1.29 is 14.7 Å². The van der Waals surface area contributed by atoms with Gasteiger partial charge in [-0.05, 0) is 62.3 Å². The zero-order valence-electron chi connectivity index (χ0n) is 16.7. The summed E-state index contributed by atoms with van der Waals surface area (Å²) in [6.07, 6.45) is 13.9. The molecule has 5 heteroatoms. The van der Waals surface area contributed by atoms with Crippen LogP contribution in [0.5, 0.6) is 5.75 Å². The molecule has 2 atom stereocenters.